The van der Waals surface area contributed by atoms with Crippen molar-refractivity contribution in [2.24, 2.45) is 0 Å². The van der Waals surface area contributed by atoms with Crippen LogP contribution in [0.5, 0.6) is 0 Å². The van der Waals surface area contributed by atoms with Gasteiger partial charge in [-0.2, -0.15) is 0 Å². The summed E-state index contributed by atoms with van der Waals surface area (Å²) in [4.78, 5) is 22.3. The molecule has 0 saturated heterocycles. The number of rotatable bonds is 4. The van der Waals surface area contributed by atoms with Crippen LogP contribution in [0, 0.1) is 0 Å². The van der Waals surface area contributed by atoms with E-state index in [0.717, 1.165) is 5.56 Å². The Morgan fingerprint density at radius 1 is 1.32 bits per heavy atom. The highest BCUT2D eigenvalue weighted by molar-refractivity contribution is 7.80. The Bertz CT molecular complexity index is 486. The van der Waals surface area contributed by atoms with Crippen LogP contribution in [0.3, 0.4) is 0 Å². The number of ether oxygens (including phenoxy) is 1. The van der Waals surface area contributed by atoms with E-state index in [-0.39, 0.29) is 17.6 Å². The van der Waals surface area contributed by atoms with E-state index in [2.05, 4.69) is 15.4 Å². The zero-order valence-corrected chi connectivity index (χ0v) is 11.2. The van der Waals surface area contributed by atoms with Gasteiger partial charge < -0.3 is 10.1 Å². The summed E-state index contributed by atoms with van der Waals surface area (Å²) in [5.74, 6) is -0.831. The average molecular weight is 278 g/mol. The predicted molar refractivity (Wildman–Crippen MR) is 76.2 cm³/mol. The average Bonchev–Trinajstić information content (AvgIpc) is 2.43. The highest BCUT2D eigenvalue weighted by Crippen LogP contribution is 2.00. The number of amides is 1. The molecular weight excluding hydrogens is 264 g/mol. The van der Waals surface area contributed by atoms with Gasteiger partial charge in [0.1, 0.15) is 6.54 Å². The normalized spacial score (nSPS) is 9.95. The molecule has 0 atom stereocenters. The topological polar surface area (TPSA) is 67.4 Å². The number of thiocarbonyl (C=S) groups is 1. The number of hydrogen-bond donors (Lipinski definition) is 2. The summed E-state index contributed by atoms with van der Waals surface area (Å²) < 4.78 is 4.42. The van der Waals surface area contributed by atoms with Gasteiger partial charge in [-0.1, -0.05) is 30.3 Å². The molecule has 5 nitrogen and oxygen atoms in total. The number of hydrogen-bond acceptors (Lipinski definition) is 4. The van der Waals surface area contributed by atoms with E-state index >= 15 is 0 Å². The zero-order chi connectivity index (χ0) is 14.1. The smallest absolute Gasteiger partial charge is 0.325 e. The van der Waals surface area contributed by atoms with E-state index in [4.69, 9.17) is 12.2 Å². The molecule has 0 heterocycles. The second kappa shape index (κ2) is 7.99. The van der Waals surface area contributed by atoms with Crippen LogP contribution in [0.15, 0.2) is 36.4 Å². The third kappa shape index (κ3) is 6.32. The van der Waals surface area contributed by atoms with Crippen LogP contribution in [0.25, 0.3) is 6.08 Å². The maximum atomic E-state index is 11.5. The first-order valence-corrected chi connectivity index (χ1v) is 5.91. The van der Waals surface area contributed by atoms with Crippen molar-refractivity contribution in [3.8, 4) is 0 Å². The minimum atomic E-state index is -0.462. The van der Waals surface area contributed by atoms with Crippen molar-refractivity contribution < 1.29 is 14.3 Å². The minimum Gasteiger partial charge on any atom is -0.468 e. The van der Waals surface area contributed by atoms with Crippen molar-refractivity contribution in [3.05, 3.63) is 42.0 Å². The molecule has 0 saturated carbocycles. The Morgan fingerprint density at radius 3 is 2.63 bits per heavy atom. The Labute approximate surface area is 116 Å². The van der Waals surface area contributed by atoms with E-state index in [1.807, 2.05) is 30.3 Å². The fourth-order valence-electron chi connectivity index (χ4n) is 1.16. The van der Waals surface area contributed by atoms with Crippen LogP contribution >= 0.6 is 12.2 Å². The van der Waals surface area contributed by atoms with Crippen LogP contribution < -0.4 is 10.6 Å². The first-order chi connectivity index (χ1) is 9.11. The highest BCUT2D eigenvalue weighted by Gasteiger charge is 2.03. The summed E-state index contributed by atoms with van der Waals surface area (Å²) in [6.07, 6.45) is 3.03. The summed E-state index contributed by atoms with van der Waals surface area (Å²) in [6.45, 7) is -0.0853. The molecule has 0 spiro atoms. The van der Waals surface area contributed by atoms with Gasteiger partial charge in [0.2, 0.25) is 5.91 Å². The fourth-order valence-corrected chi connectivity index (χ4v) is 1.33. The lowest BCUT2D eigenvalue weighted by atomic mass is 10.2. The Balaban J connectivity index is 2.37. The number of benzene rings is 1. The van der Waals surface area contributed by atoms with Gasteiger partial charge in [0.15, 0.2) is 5.11 Å². The molecular formula is C13H14N2O3S. The lowest BCUT2D eigenvalue weighted by Gasteiger charge is -2.06. The van der Waals surface area contributed by atoms with Crippen LogP contribution in [0.4, 0.5) is 0 Å². The van der Waals surface area contributed by atoms with Gasteiger partial charge in [0.05, 0.1) is 7.11 Å². The maximum absolute atomic E-state index is 11.5. The molecule has 6 heteroatoms. The van der Waals surface area contributed by atoms with Gasteiger partial charge in [0, 0.05) is 6.08 Å². The van der Waals surface area contributed by atoms with Crippen molar-refractivity contribution in [2.75, 3.05) is 13.7 Å². The van der Waals surface area contributed by atoms with Gasteiger partial charge in [0.25, 0.3) is 0 Å². The van der Waals surface area contributed by atoms with Crippen molar-refractivity contribution in [2.45, 2.75) is 0 Å². The number of esters is 1. The summed E-state index contributed by atoms with van der Waals surface area (Å²) in [5.41, 5.74) is 0.908. The van der Waals surface area contributed by atoms with Crippen LogP contribution in [-0.4, -0.2) is 30.6 Å². The molecule has 100 valence electrons. The number of carbonyl (C=O) groups is 2. The summed E-state index contributed by atoms with van der Waals surface area (Å²) >= 11 is 4.84. The SMILES string of the molecule is COC(=O)CNC(=S)NC(=O)/C=C/c1ccccc1. The highest BCUT2D eigenvalue weighted by atomic mass is 32.1. The van der Waals surface area contributed by atoms with Gasteiger partial charge in [-0.3, -0.25) is 14.9 Å². The van der Waals surface area contributed by atoms with E-state index in [1.165, 1.54) is 13.2 Å². The van der Waals surface area contributed by atoms with Crippen LogP contribution in [0.2, 0.25) is 0 Å². The lowest BCUT2D eigenvalue weighted by Crippen LogP contribution is -2.40. The van der Waals surface area contributed by atoms with Crippen molar-refractivity contribution in [1.29, 1.82) is 0 Å². The summed E-state index contributed by atoms with van der Waals surface area (Å²) in [7, 11) is 1.27. The molecule has 19 heavy (non-hydrogen) atoms. The minimum absolute atomic E-state index is 0.0770. The maximum Gasteiger partial charge on any atom is 0.325 e. The number of nitrogens with one attached hydrogen (secondary N) is 2. The van der Waals surface area contributed by atoms with Crippen LogP contribution in [0.1, 0.15) is 5.56 Å². The molecule has 1 rings (SSSR count). The first kappa shape index (κ1) is 14.8. The van der Waals surface area contributed by atoms with E-state index in [9.17, 15) is 9.59 Å². The second-order valence-electron chi connectivity index (χ2n) is 3.49. The molecule has 0 fully saturated rings. The quantitative estimate of drug-likeness (QED) is 0.486. The second-order valence-corrected chi connectivity index (χ2v) is 3.90. The molecule has 1 aromatic carbocycles. The Hall–Kier alpha value is -2.21. The van der Waals surface area contributed by atoms with E-state index in [0.29, 0.717) is 0 Å². The van der Waals surface area contributed by atoms with Crippen LogP contribution in [-0.2, 0) is 14.3 Å². The van der Waals surface area contributed by atoms with Crippen molar-refractivity contribution in [1.82, 2.24) is 10.6 Å². The number of carbonyl (C=O) groups excluding carboxylic acids is 2. The van der Waals surface area contributed by atoms with Gasteiger partial charge in [-0.05, 0) is 23.9 Å². The molecule has 0 radical (unpaired) electrons. The summed E-state index contributed by atoms with van der Waals surface area (Å²) in [5, 5.41) is 5.05. The van der Waals surface area contributed by atoms with Crippen molar-refractivity contribution >= 4 is 35.3 Å². The molecule has 2 N–H and O–H groups in total. The predicted octanol–water partition coefficient (Wildman–Crippen LogP) is 0.863. The number of methoxy groups -OCH3 is 1. The molecule has 1 aromatic rings. The van der Waals surface area contributed by atoms with Gasteiger partial charge >= 0.3 is 5.97 Å². The molecule has 1 amide bonds. The first-order valence-electron chi connectivity index (χ1n) is 5.50. The Kier molecular flexibility index (Phi) is 6.25. The third-order valence-electron chi connectivity index (χ3n) is 2.08. The van der Waals surface area contributed by atoms with E-state index in [1.54, 1.807) is 6.08 Å². The lowest BCUT2D eigenvalue weighted by molar-refractivity contribution is -0.139. The standard InChI is InChI=1S/C13H14N2O3S/c1-18-12(17)9-14-13(19)15-11(16)8-7-10-5-3-2-4-6-10/h2-8H,9H2,1H3,(H2,14,15,16,19)/b8-7+. The molecule has 0 aliphatic carbocycles. The molecule has 0 aliphatic heterocycles. The third-order valence-corrected chi connectivity index (χ3v) is 2.33. The monoisotopic (exact) mass is 278 g/mol. The van der Waals surface area contributed by atoms with E-state index < -0.39 is 5.97 Å². The van der Waals surface area contributed by atoms with Crippen molar-refractivity contribution in [3.63, 3.8) is 0 Å². The summed E-state index contributed by atoms with van der Waals surface area (Å²) in [6, 6.07) is 9.39. The molecule has 0 unspecified atom stereocenters. The molecule has 0 bridgehead atoms. The fraction of sp³-hybridized carbons (Fsp3) is 0.154. The molecule has 0 aliphatic rings. The molecule has 0 aromatic heterocycles. The van der Waals surface area contributed by atoms with Gasteiger partial charge in [-0.25, -0.2) is 0 Å². The van der Waals surface area contributed by atoms with Gasteiger partial charge in [-0.15, -0.1) is 0 Å². The zero-order valence-electron chi connectivity index (χ0n) is 10.4. The largest absolute Gasteiger partial charge is 0.468 e. The Morgan fingerprint density at radius 2 is 2.00 bits per heavy atom.